The standard InChI is InChI=1S/C24H28F2N2O5S/c1-24(2,3)33-23(30)16-28(15-17-14-18(25)4-9-22(17)26)34(31,32)21-7-5-19(6-8-21)27-12-10-20(29)11-13-27/h4-9,14H,10-13,15-16H2,1-3H3. The Morgan fingerprint density at radius 3 is 2.26 bits per heavy atom. The highest BCUT2D eigenvalue weighted by atomic mass is 32.2. The molecule has 0 saturated carbocycles. The van der Waals surface area contributed by atoms with E-state index in [4.69, 9.17) is 4.74 Å². The van der Waals surface area contributed by atoms with Crippen molar-refractivity contribution < 1.29 is 31.5 Å². The Hall–Kier alpha value is -2.85. The van der Waals surface area contributed by atoms with Gasteiger partial charge in [-0.2, -0.15) is 4.31 Å². The molecule has 0 bridgehead atoms. The number of carbonyl (C=O) groups excluding carboxylic acids is 2. The molecular weight excluding hydrogens is 466 g/mol. The van der Waals surface area contributed by atoms with Crippen molar-refractivity contribution >= 4 is 27.5 Å². The Bertz CT molecular complexity index is 1150. The number of hydrogen-bond donors (Lipinski definition) is 0. The van der Waals surface area contributed by atoms with Crippen LogP contribution in [0.4, 0.5) is 14.5 Å². The molecule has 0 atom stereocenters. The average molecular weight is 495 g/mol. The Kier molecular flexibility index (Phi) is 7.72. The molecule has 2 aromatic rings. The molecule has 7 nitrogen and oxygen atoms in total. The predicted molar refractivity (Wildman–Crippen MR) is 123 cm³/mol. The van der Waals surface area contributed by atoms with E-state index >= 15 is 0 Å². The van der Waals surface area contributed by atoms with Crippen LogP contribution in [0, 0.1) is 11.6 Å². The van der Waals surface area contributed by atoms with Gasteiger partial charge in [-0.1, -0.05) is 0 Å². The summed E-state index contributed by atoms with van der Waals surface area (Å²) in [6.45, 7) is 4.80. The number of halogens is 2. The molecule has 10 heteroatoms. The molecule has 0 spiro atoms. The number of sulfonamides is 1. The number of carbonyl (C=O) groups is 2. The van der Waals surface area contributed by atoms with Gasteiger partial charge in [-0.25, -0.2) is 17.2 Å². The Morgan fingerprint density at radius 1 is 1.06 bits per heavy atom. The molecule has 1 aliphatic heterocycles. The van der Waals surface area contributed by atoms with E-state index in [2.05, 4.69) is 0 Å². The maximum Gasteiger partial charge on any atom is 0.321 e. The molecule has 2 aromatic carbocycles. The van der Waals surface area contributed by atoms with E-state index in [9.17, 15) is 26.8 Å². The summed E-state index contributed by atoms with van der Waals surface area (Å²) in [5, 5.41) is 0. The molecule has 1 heterocycles. The molecule has 34 heavy (non-hydrogen) atoms. The van der Waals surface area contributed by atoms with Crippen LogP contribution in [0.1, 0.15) is 39.2 Å². The number of nitrogens with zero attached hydrogens (tertiary/aromatic N) is 2. The second-order valence-corrected chi connectivity index (χ2v) is 11.1. The van der Waals surface area contributed by atoms with Crippen LogP contribution in [0.15, 0.2) is 47.4 Å². The van der Waals surface area contributed by atoms with Crippen LogP contribution in [0.5, 0.6) is 0 Å². The molecule has 0 aromatic heterocycles. The quantitative estimate of drug-likeness (QED) is 0.547. The van der Waals surface area contributed by atoms with Crippen LogP contribution in [0.3, 0.4) is 0 Å². The molecule has 3 rings (SSSR count). The van der Waals surface area contributed by atoms with Crippen molar-refractivity contribution in [3.05, 3.63) is 59.7 Å². The van der Waals surface area contributed by atoms with E-state index < -0.39 is 46.3 Å². The first kappa shape index (κ1) is 25.8. The van der Waals surface area contributed by atoms with Crippen LogP contribution in [0.2, 0.25) is 0 Å². The predicted octanol–water partition coefficient (Wildman–Crippen LogP) is 3.67. The van der Waals surface area contributed by atoms with E-state index in [1.807, 2.05) is 4.90 Å². The average Bonchev–Trinajstić information content (AvgIpc) is 2.75. The summed E-state index contributed by atoms with van der Waals surface area (Å²) in [7, 11) is -4.27. The van der Waals surface area contributed by atoms with Crippen molar-refractivity contribution in [1.29, 1.82) is 0 Å². The second kappa shape index (κ2) is 10.2. The lowest BCUT2D eigenvalue weighted by atomic mass is 10.1. The first-order valence-electron chi connectivity index (χ1n) is 10.9. The summed E-state index contributed by atoms with van der Waals surface area (Å²) < 4.78 is 60.8. The molecule has 0 unspecified atom stereocenters. The van der Waals surface area contributed by atoms with Gasteiger partial charge in [0.1, 0.15) is 29.6 Å². The van der Waals surface area contributed by atoms with Crippen LogP contribution < -0.4 is 4.90 Å². The lowest BCUT2D eigenvalue weighted by molar-refractivity contribution is -0.155. The third kappa shape index (κ3) is 6.60. The summed E-state index contributed by atoms with van der Waals surface area (Å²) >= 11 is 0. The molecule has 1 fully saturated rings. The minimum Gasteiger partial charge on any atom is -0.459 e. The van der Waals surface area contributed by atoms with E-state index in [1.54, 1.807) is 32.9 Å². The summed E-state index contributed by atoms with van der Waals surface area (Å²) in [4.78, 5) is 25.8. The van der Waals surface area contributed by atoms with Crippen molar-refractivity contribution in [3.63, 3.8) is 0 Å². The lowest BCUT2D eigenvalue weighted by Gasteiger charge is -2.28. The Morgan fingerprint density at radius 2 is 1.68 bits per heavy atom. The Labute approximate surface area is 198 Å². The molecule has 0 aliphatic carbocycles. The van der Waals surface area contributed by atoms with Crippen molar-refractivity contribution in [2.45, 2.75) is 50.7 Å². The van der Waals surface area contributed by atoms with Gasteiger partial charge in [-0.05, 0) is 63.2 Å². The summed E-state index contributed by atoms with van der Waals surface area (Å²) in [5.74, 6) is -2.14. The second-order valence-electron chi connectivity index (χ2n) is 9.11. The molecular formula is C24H28F2N2O5S. The van der Waals surface area contributed by atoms with Crippen LogP contribution in [-0.2, 0) is 30.9 Å². The van der Waals surface area contributed by atoms with E-state index in [-0.39, 0.29) is 16.2 Å². The van der Waals surface area contributed by atoms with Crippen molar-refractivity contribution in [1.82, 2.24) is 4.31 Å². The third-order valence-electron chi connectivity index (χ3n) is 5.24. The molecule has 184 valence electrons. The zero-order valence-corrected chi connectivity index (χ0v) is 20.2. The van der Waals surface area contributed by atoms with Crippen molar-refractivity contribution in [2.75, 3.05) is 24.5 Å². The van der Waals surface area contributed by atoms with Crippen LogP contribution in [0.25, 0.3) is 0 Å². The lowest BCUT2D eigenvalue weighted by Crippen LogP contribution is -2.38. The number of hydrogen-bond acceptors (Lipinski definition) is 6. The highest BCUT2D eigenvalue weighted by molar-refractivity contribution is 7.89. The fraction of sp³-hybridized carbons (Fsp3) is 0.417. The van der Waals surface area contributed by atoms with Gasteiger partial charge >= 0.3 is 5.97 Å². The topological polar surface area (TPSA) is 84.0 Å². The monoisotopic (exact) mass is 494 g/mol. The van der Waals surface area contributed by atoms with Crippen LogP contribution >= 0.6 is 0 Å². The van der Waals surface area contributed by atoms with Gasteiger partial charge < -0.3 is 9.64 Å². The number of anilines is 1. The first-order valence-corrected chi connectivity index (χ1v) is 12.3. The largest absolute Gasteiger partial charge is 0.459 e. The van der Waals surface area contributed by atoms with Gasteiger partial charge in [0, 0.05) is 43.7 Å². The third-order valence-corrected chi connectivity index (χ3v) is 7.05. The Balaban J connectivity index is 1.89. The zero-order chi connectivity index (χ0) is 25.1. The highest BCUT2D eigenvalue weighted by Gasteiger charge is 2.30. The maximum atomic E-state index is 14.3. The van der Waals surface area contributed by atoms with E-state index in [0.29, 0.717) is 25.9 Å². The van der Waals surface area contributed by atoms with Gasteiger partial charge in [-0.3, -0.25) is 9.59 Å². The van der Waals surface area contributed by atoms with Gasteiger partial charge in [0.2, 0.25) is 10.0 Å². The minimum atomic E-state index is -4.27. The number of benzene rings is 2. The molecule has 0 radical (unpaired) electrons. The van der Waals surface area contributed by atoms with Crippen molar-refractivity contribution in [3.8, 4) is 0 Å². The molecule has 0 N–H and O–H groups in total. The fourth-order valence-corrected chi connectivity index (χ4v) is 4.95. The van der Waals surface area contributed by atoms with Crippen molar-refractivity contribution in [2.24, 2.45) is 0 Å². The summed E-state index contributed by atoms with van der Waals surface area (Å²) in [6.07, 6.45) is 0.867. The van der Waals surface area contributed by atoms with Crippen LogP contribution in [-0.4, -0.2) is 49.7 Å². The number of piperidine rings is 1. The number of rotatable bonds is 7. The maximum absolute atomic E-state index is 14.3. The first-order chi connectivity index (χ1) is 15.8. The van der Waals surface area contributed by atoms with Gasteiger partial charge in [0.25, 0.3) is 0 Å². The normalized spacial score (nSPS) is 15.0. The molecule has 1 saturated heterocycles. The highest BCUT2D eigenvalue weighted by Crippen LogP contribution is 2.25. The van der Waals surface area contributed by atoms with Gasteiger partial charge in [0.05, 0.1) is 4.90 Å². The number of ketones is 1. The molecule has 0 amide bonds. The number of esters is 1. The minimum absolute atomic E-state index is 0.107. The van der Waals surface area contributed by atoms with E-state index in [1.165, 1.54) is 12.1 Å². The smallest absolute Gasteiger partial charge is 0.321 e. The zero-order valence-electron chi connectivity index (χ0n) is 19.4. The SMILES string of the molecule is CC(C)(C)OC(=O)CN(Cc1cc(F)ccc1F)S(=O)(=O)c1ccc(N2CCC(=O)CC2)cc1. The fourth-order valence-electron chi connectivity index (χ4n) is 3.59. The van der Waals surface area contributed by atoms with Gasteiger partial charge in [0.15, 0.2) is 0 Å². The molecule has 1 aliphatic rings. The van der Waals surface area contributed by atoms with E-state index in [0.717, 1.165) is 28.2 Å². The van der Waals surface area contributed by atoms with Gasteiger partial charge in [-0.15, -0.1) is 0 Å². The number of Topliss-reactive ketones (excluding diaryl/α,β-unsaturated/α-hetero) is 1. The number of ether oxygens (including phenoxy) is 1. The summed E-state index contributed by atoms with van der Waals surface area (Å²) in [5.41, 5.74) is -0.295. The summed E-state index contributed by atoms with van der Waals surface area (Å²) in [6, 6.07) is 8.76.